The maximum absolute atomic E-state index is 11.7. The Morgan fingerprint density at radius 2 is 1.83 bits per heavy atom. The number of nitrogens with zero attached hydrogens (tertiary/aromatic N) is 3. The van der Waals surface area contributed by atoms with Crippen molar-refractivity contribution in [3.8, 4) is 0 Å². The van der Waals surface area contributed by atoms with Crippen molar-refractivity contribution < 1.29 is 10.0 Å². The highest BCUT2D eigenvalue weighted by molar-refractivity contribution is 6.30. The van der Waals surface area contributed by atoms with Crippen LogP contribution in [0.3, 0.4) is 0 Å². The molecule has 1 N–H and O–H groups in total. The minimum atomic E-state index is -0.209. The van der Waals surface area contributed by atoms with E-state index >= 15 is 0 Å². The predicted molar refractivity (Wildman–Crippen MR) is 141 cm³/mol. The molecule has 0 spiro atoms. The third-order valence-electron chi connectivity index (χ3n) is 7.03. The van der Waals surface area contributed by atoms with Crippen molar-refractivity contribution in [2.75, 3.05) is 13.1 Å². The molecule has 2 aromatic carbocycles. The fourth-order valence-corrected chi connectivity index (χ4v) is 5.35. The molecule has 182 valence electrons. The van der Waals surface area contributed by atoms with Crippen molar-refractivity contribution in [3.05, 3.63) is 99.3 Å². The number of pyridine rings is 1. The number of halogens is 1. The lowest BCUT2D eigenvalue weighted by molar-refractivity contribution is -0.129. The van der Waals surface area contributed by atoms with Crippen molar-refractivity contribution in [2.24, 2.45) is 5.16 Å². The molecule has 1 fully saturated rings. The lowest BCUT2D eigenvalue weighted by Gasteiger charge is -2.31. The molecule has 1 aliphatic rings. The van der Waals surface area contributed by atoms with Crippen molar-refractivity contribution in [3.63, 3.8) is 0 Å². The number of aromatic nitrogens is 1. The average Bonchev–Trinajstić information content (AvgIpc) is 2.85. The molecular weight excluding hydrogens is 458 g/mol. The molecule has 1 aliphatic heterocycles. The molecule has 1 aromatic heterocycles. The van der Waals surface area contributed by atoms with E-state index < -0.39 is 0 Å². The second-order valence-corrected chi connectivity index (χ2v) is 9.89. The standard InChI is InChI=1S/C29H32ClN3O2/c1-19-16-26(30)8-9-27(19)29(28(32-35)18-22-10-13-31-20(2)17-22)25-6-4-23(5-7-25)24-11-14-33(15-12-24)21(3)34/h4-10,13,16-17,24,29,35H,11-12,14-15,18H2,1-3H3. The van der Waals surface area contributed by atoms with Gasteiger partial charge >= 0.3 is 0 Å². The van der Waals surface area contributed by atoms with E-state index in [-0.39, 0.29) is 11.8 Å². The zero-order chi connectivity index (χ0) is 24.9. The van der Waals surface area contributed by atoms with Gasteiger partial charge < -0.3 is 10.1 Å². The molecule has 1 unspecified atom stereocenters. The first-order valence-corrected chi connectivity index (χ1v) is 12.5. The molecule has 1 atom stereocenters. The summed E-state index contributed by atoms with van der Waals surface area (Å²) < 4.78 is 0. The highest BCUT2D eigenvalue weighted by Gasteiger charge is 2.25. The number of piperidine rings is 1. The summed E-state index contributed by atoms with van der Waals surface area (Å²) >= 11 is 6.25. The molecular formula is C29H32ClN3O2. The maximum Gasteiger partial charge on any atom is 0.219 e. The molecule has 0 radical (unpaired) electrons. The van der Waals surface area contributed by atoms with E-state index in [1.54, 1.807) is 13.1 Å². The van der Waals surface area contributed by atoms with E-state index in [2.05, 4.69) is 34.4 Å². The monoisotopic (exact) mass is 489 g/mol. The molecule has 4 rings (SSSR count). The van der Waals surface area contributed by atoms with Crippen LogP contribution in [0.15, 0.2) is 65.9 Å². The van der Waals surface area contributed by atoms with Gasteiger partial charge in [0.1, 0.15) is 0 Å². The number of carbonyl (C=O) groups excluding carboxylic acids is 1. The first kappa shape index (κ1) is 24.9. The molecule has 0 aliphatic carbocycles. The van der Waals surface area contributed by atoms with Crippen LogP contribution in [0.5, 0.6) is 0 Å². The van der Waals surface area contributed by atoms with Crippen molar-refractivity contribution in [2.45, 2.75) is 51.9 Å². The van der Waals surface area contributed by atoms with E-state index in [0.717, 1.165) is 53.9 Å². The Bertz CT molecular complexity index is 1210. The molecule has 0 saturated carbocycles. The average molecular weight is 490 g/mol. The van der Waals surface area contributed by atoms with Gasteiger partial charge in [0.25, 0.3) is 0 Å². The van der Waals surface area contributed by atoms with Crippen LogP contribution < -0.4 is 0 Å². The van der Waals surface area contributed by atoms with Gasteiger partial charge in [-0.3, -0.25) is 9.78 Å². The number of rotatable bonds is 6. The number of likely N-dealkylation sites (tertiary alicyclic amines) is 1. The summed E-state index contributed by atoms with van der Waals surface area (Å²) in [6, 6.07) is 18.5. The topological polar surface area (TPSA) is 65.8 Å². The summed E-state index contributed by atoms with van der Waals surface area (Å²) in [6.45, 7) is 7.25. The summed E-state index contributed by atoms with van der Waals surface area (Å²) in [5, 5.41) is 14.6. The highest BCUT2D eigenvalue weighted by Crippen LogP contribution is 2.34. The van der Waals surface area contributed by atoms with Crippen LogP contribution in [0.25, 0.3) is 0 Å². The van der Waals surface area contributed by atoms with Crippen LogP contribution in [-0.4, -0.2) is 39.8 Å². The van der Waals surface area contributed by atoms with Gasteiger partial charge in [-0.15, -0.1) is 0 Å². The zero-order valence-electron chi connectivity index (χ0n) is 20.5. The second-order valence-electron chi connectivity index (χ2n) is 9.45. The fraction of sp³-hybridized carbons (Fsp3) is 0.345. The zero-order valence-corrected chi connectivity index (χ0v) is 21.3. The molecule has 2 heterocycles. The minimum Gasteiger partial charge on any atom is -0.411 e. The number of aryl methyl sites for hydroxylation is 2. The summed E-state index contributed by atoms with van der Waals surface area (Å²) in [6.07, 6.45) is 4.25. The highest BCUT2D eigenvalue weighted by atomic mass is 35.5. The second kappa shape index (κ2) is 11.0. The number of benzene rings is 2. The first-order valence-electron chi connectivity index (χ1n) is 12.1. The number of hydrogen-bond acceptors (Lipinski definition) is 4. The summed E-state index contributed by atoms with van der Waals surface area (Å²) in [5.74, 6) is 0.390. The van der Waals surface area contributed by atoms with Gasteiger partial charge in [0, 0.05) is 43.3 Å². The lowest BCUT2D eigenvalue weighted by Crippen LogP contribution is -2.36. The Kier molecular flexibility index (Phi) is 7.86. The summed E-state index contributed by atoms with van der Waals surface area (Å²) in [4.78, 5) is 17.9. The Balaban J connectivity index is 1.65. The van der Waals surface area contributed by atoms with E-state index in [9.17, 15) is 10.0 Å². The Morgan fingerprint density at radius 3 is 2.43 bits per heavy atom. The molecule has 35 heavy (non-hydrogen) atoms. The van der Waals surface area contributed by atoms with E-state index in [1.165, 1.54) is 5.56 Å². The number of hydrogen-bond donors (Lipinski definition) is 1. The quantitative estimate of drug-likeness (QED) is 0.251. The smallest absolute Gasteiger partial charge is 0.219 e. The van der Waals surface area contributed by atoms with Crippen LogP contribution in [0.1, 0.15) is 65.1 Å². The van der Waals surface area contributed by atoms with Gasteiger partial charge in [0.05, 0.1) is 11.6 Å². The molecule has 1 amide bonds. The van der Waals surface area contributed by atoms with E-state index in [4.69, 9.17) is 11.6 Å². The van der Waals surface area contributed by atoms with Crippen molar-refractivity contribution in [1.82, 2.24) is 9.88 Å². The Labute approximate surface area is 212 Å². The van der Waals surface area contributed by atoms with Crippen LogP contribution in [0, 0.1) is 13.8 Å². The predicted octanol–water partition coefficient (Wildman–Crippen LogP) is 6.28. The molecule has 6 heteroatoms. The summed E-state index contributed by atoms with van der Waals surface area (Å²) in [7, 11) is 0. The van der Waals surface area contributed by atoms with Gasteiger partial charge in [0.2, 0.25) is 5.91 Å². The van der Waals surface area contributed by atoms with E-state index in [0.29, 0.717) is 23.1 Å². The lowest BCUT2D eigenvalue weighted by atomic mass is 9.81. The van der Waals surface area contributed by atoms with E-state index in [1.807, 2.05) is 49.1 Å². The van der Waals surface area contributed by atoms with Crippen LogP contribution in [0.2, 0.25) is 5.02 Å². The van der Waals surface area contributed by atoms with Gasteiger partial charge in [0.15, 0.2) is 0 Å². The number of oxime groups is 1. The van der Waals surface area contributed by atoms with Gasteiger partial charge in [-0.1, -0.05) is 47.1 Å². The normalized spacial score (nSPS) is 15.8. The van der Waals surface area contributed by atoms with Crippen LogP contribution in [-0.2, 0) is 11.2 Å². The Morgan fingerprint density at radius 1 is 1.11 bits per heavy atom. The largest absolute Gasteiger partial charge is 0.411 e. The molecule has 0 bridgehead atoms. The van der Waals surface area contributed by atoms with Gasteiger partial charge in [-0.2, -0.15) is 0 Å². The van der Waals surface area contributed by atoms with Gasteiger partial charge in [-0.05, 0) is 84.7 Å². The minimum absolute atomic E-state index is 0.153. The van der Waals surface area contributed by atoms with Crippen molar-refractivity contribution >= 4 is 23.2 Å². The molecule has 5 nitrogen and oxygen atoms in total. The number of amides is 1. The third kappa shape index (κ3) is 5.91. The molecule has 3 aromatic rings. The fourth-order valence-electron chi connectivity index (χ4n) is 5.12. The Hall–Kier alpha value is -3.18. The summed E-state index contributed by atoms with van der Waals surface area (Å²) in [5.41, 5.74) is 7.12. The maximum atomic E-state index is 11.7. The van der Waals surface area contributed by atoms with Crippen LogP contribution >= 0.6 is 11.6 Å². The van der Waals surface area contributed by atoms with Gasteiger partial charge in [-0.25, -0.2) is 0 Å². The SMILES string of the molecule is CC(=O)N1CCC(c2ccc(C(C(Cc3ccnc(C)c3)=NO)c3ccc(Cl)cc3C)cc2)CC1. The molecule has 1 saturated heterocycles. The number of carbonyl (C=O) groups is 1. The first-order chi connectivity index (χ1) is 16.9. The van der Waals surface area contributed by atoms with Crippen molar-refractivity contribution in [1.29, 1.82) is 0 Å². The third-order valence-corrected chi connectivity index (χ3v) is 7.27. The van der Waals surface area contributed by atoms with Crippen LogP contribution in [0.4, 0.5) is 0 Å².